The molecule has 172 valence electrons. The van der Waals surface area contributed by atoms with E-state index >= 15 is 0 Å². The molecule has 0 radical (unpaired) electrons. The highest BCUT2D eigenvalue weighted by molar-refractivity contribution is 7.98. The number of aliphatic carboxylic acids is 1. The number of nitrogens with zero attached hydrogens (tertiary/aromatic N) is 1. The molecule has 0 aliphatic heterocycles. The molecule has 0 fully saturated rings. The van der Waals surface area contributed by atoms with Crippen molar-refractivity contribution in [1.82, 2.24) is 10.2 Å². The lowest BCUT2D eigenvalue weighted by Crippen LogP contribution is -2.50. The van der Waals surface area contributed by atoms with Gasteiger partial charge in [-0.25, -0.2) is 4.79 Å². The maximum atomic E-state index is 12.9. The molecule has 0 spiro atoms. The summed E-state index contributed by atoms with van der Waals surface area (Å²) in [4.78, 5) is 37.7. The Morgan fingerprint density at radius 1 is 1.15 bits per heavy atom. The summed E-state index contributed by atoms with van der Waals surface area (Å²) in [5.74, 6) is 1.06. The van der Waals surface area contributed by atoms with E-state index in [1.807, 2.05) is 54.8 Å². The predicted molar refractivity (Wildman–Crippen MR) is 128 cm³/mol. The highest BCUT2D eigenvalue weighted by atomic mass is 32.2. The van der Waals surface area contributed by atoms with Crippen molar-refractivity contribution in [3.8, 4) is 23.5 Å². The number of hydrogen-bond acceptors (Lipinski definition) is 5. The number of carboxylic acids is 1. The molecule has 3 rings (SSSR count). The second kappa shape index (κ2) is 11.4. The van der Waals surface area contributed by atoms with Crippen LogP contribution in [0.2, 0.25) is 0 Å². The zero-order chi connectivity index (χ0) is 23.8. The van der Waals surface area contributed by atoms with Crippen LogP contribution in [-0.4, -0.2) is 65.7 Å². The van der Waals surface area contributed by atoms with Crippen LogP contribution in [0, 0.1) is 12.3 Å². The van der Waals surface area contributed by atoms with Gasteiger partial charge in [0.25, 0.3) is 0 Å². The van der Waals surface area contributed by atoms with Gasteiger partial charge in [-0.05, 0) is 40.7 Å². The van der Waals surface area contributed by atoms with E-state index in [1.165, 1.54) is 11.8 Å². The van der Waals surface area contributed by atoms with Crippen LogP contribution in [0.15, 0.2) is 48.5 Å². The van der Waals surface area contributed by atoms with Gasteiger partial charge in [0.1, 0.15) is 19.2 Å². The maximum absolute atomic E-state index is 12.9. The number of carbonyl (C=O) groups excluding carboxylic acids is 2. The molecule has 0 unspecified atom stereocenters. The van der Waals surface area contributed by atoms with Gasteiger partial charge in [-0.3, -0.25) is 9.59 Å². The molecule has 33 heavy (non-hydrogen) atoms. The molecule has 0 saturated carbocycles. The molecular weight excluding hydrogens is 440 g/mol. The molecule has 8 heteroatoms. The topological polar surface area (TPSA) is 95.9 Å². The third-order valence-electron chi connectivity index (χ3n) is 5.46. The van der Waals surface area contributed by atoms with Crippen LogP contribution in [0.3, 0.4) is 0 Å². The largest absolute Gasteiger partial charge is 0.480 e. The number of amides is 2. The number of alkyl carbamates (subject to hydrolysis) is 1. The lowest BCUT2D eigenvalue weighted by molar-refractivity contribution is -0.144. The molecule has 2 aromatic carbocycles. The number of rotatable bonds is 10. The fourth-order valence-corrected chi connectivity index (χ4v) is 4.45. The second-order valence-electron chi connectivity index (χ2n) is 7.60. The van der Waals surface area contributed by atoms with Crippen LogP contribution in [0.5, 0.6) is 0 Å². The lowest BCUT2D eigenvalue weighted by Gasteiger charge is -2.25. The Bertz CT molecular complexity index is 1020. The second-order valence-corrected chi connectivity index (χ2v) is 8.58. The van der Waals surface area contributed by atoms with Crippen molar-refractivity contribution in [1.29, 1.82) is 0 Å². The van der Waals surface area contributed by atoms with E-state index in [0.29, 0.717) is 12.2 Å². The number of carboxylic acid groups (broad SMARTS) is 1. The van der Waals surface area contributed by atoms with Gasteiger partial charge in [-0.2, -0.15) is 11.8 Å². The van der Waals surface area contributed by atoms with Crippen molar-refractivity contribution < 1.29 is 24.2 Å². The van der Waals surface area contributed by atoms with Crippen molar-refractivity contribution in [3.05, 3.63) is 59.7 Å². The minimum atomic E-state index is -1.18. The van der Waals surface area contributed by atoms with E-state index in [9.17, 15) is 14.4 Å². The third-order valence-corrected chi connectivity index (χ3v) is 6.11. The molecule has 0 heterocycles. The fraction of sp³-hybridized carbons (Fsp3) is 0.320. The zero-order valence-electron chi connectivity index (χ0n) is 18.3. The van der Waals surface area contributed by atoms with Crippen molar-refractivity contribution in [2.45, 2.75) is 18.4 Å². The van der Waals surface area contributed by atoms with Gasteiger partial charge in [0.2, 0.25) is 5.91 Å². The number of benzene rings is 2. The molecule has 1 aliphatic carbocycles. The zero-order valence-corrected chi connectivity index (χ0v) is 19.1. The summed E-state index contributed by atoms with van der Waals surface area (Å²) < 4.78 is 5.54. The van der Waals surface area contributed by atoms with Crippen LogP contribution in [0.1, 0.15) is 23.5 Å². The molecule has 2 amide bonds. The van der Waals surface area contributed by atoms with Crippen molar-refractivity contribution >= 4 is 29.7 Å². The molecule has 7 nitrogen and oxygen atoms in total. The Morgan fingerprint density at radius 3 is 2.30 bits per heavy atom. The molecule has 1 aliphatic rings. The van der Waals surface area contributed by atoms with E-state index in [-0.39, 0.29) is 19.1 Å². The van der Waals surface area contributed by atoms with Crippen LogP contribution in [0.4, 0.5) is 4.79 Å². The normalized spacial score (nSPS) is 12.7. The quantitative estimate of drug-likeness (QED) is 0.522. The van der Waals surface area contributed by atoms with Crippen molar-refractivity contribution in [2.75, 3.05) is 31.7 Å². The van der Waals surface area contributed by atoms with Crippen LogP contribution < -0.4 is 5.32 Å². The number of carbonyl (C=O) groups is 3. The number of terminal acetylenes is 1. The Balaban J connectivity index is 1.69. The van der Waals surface area contributed by atoms with E-state index in [0.717, 1.165) is 27.2 Å². The summed E-state index contributed by atoms with van der Waals surface area (Å²) in [6, 6.07) is 15.1. The summed E-state index contributed by atoms with van der Waals surface area (Å²) >= 11 is 1.51. The number of hydrogen-bond donors (Lipinski definition) is 2. The fourth-order valence-electron chi connectivity index (χ4n) is 3.98. The van der Waals surface area contributed by atoms with Crippen molar-refractivity contribution in [2.24, 2.45) is 0 Å². The van der Waals surface area contributed by atoms with E-state index in [2.05, 4.69) is 11.2 Å². The molecule has 0 aromatic heterocycles. The highest BCUT2D eigenvalue weighted by Gasteiger charge is 2.31. The van der Waals surface area contributed by atoms with Crippen LogP contribution >= 0.6 is 11.8 Å². The molecule has 1 atom stereocenters. The molecule has 0 saturated heterocycles. The van der Waals surface area contributed by atoms with Gasteiger partial charge in [-0.1, -0.05) is 54.5 Å². The summed E-state index contributed by atoms with van der Waals surface area (Å²) in [7, 11) is 0. The monoisotopic (exact) mass is 466 g/mol. The summed E-state index contributed by atoms with van der Waals surface area (Å²) in [6.07, 6.45) is 6.76. The highest BCUT2D eigenvalue weighted by Crippen LogP contribution is 2.44. The van der Waals surface area contributed by atoms with Crippen LogP contribution in [-0.2, 0) is 14.3 Å². The minimum absolute atomic E-state index is 0.103. The van der Waals surface area contributed by atoms with Gasteiger partial charge in [0.15, 0.2) is 0 Å². The van der Waals surface area contributed by atoms with Crippen molar-refractivity contribution in [3.63, 3.8) is 0 Å². The lowest BCUT2D eigenvalue weighted by atomic mass is 9.98. The number of fused-ring (bicyclic) bond motifs is 3. The molecule has 2 aromatic rings. The SMILES string of the molecule is C#CCN(CC(=O)O)C(=O)[C@@H](CCSC)NC(=O)OCC1c2ccccc2-c2ccccc21. The summed E-state index contributed by atoms with van der Waals surface area (Å²) in [6.45, 7) is -0.578. The molecule has 2 N–H and O–H groups in total. The Hall–Kier alpha value is -3.44. The number of ether oxygens (including phenoxy) is 1. The van der Waals surface area contributed by atoms with Crippen LogP contribution in [0.25, 0.3) is 11.1 Å². The van der Waals surface area contributed by atoms with Gasteiger partial charge >= 0.3 is 12.1 Å². The first-order valence-electron chi connectivity index (χ1n) is 10.5. The number of thioether (sulfide) groups is 1. The average molecular weight is 467 g/mol. The Labute approximate surface area is 197 Å². The maximum Gasteiger partial charge on any atom is 0.407 e. The first-order valence-corrected chi connectivity index (χ1v) is 11.9. The Morgan fingerprint density at radius 2 is 1.76 bits per heavy atom. The van der Waals surface area contributed by atoms with E-state index in [1.54, 1.807) is 0 Å². The van der Waals surface area contributed by atoms with Gasteiger partial charge in [-0.15, -0.1) is 6.42 Å². The predicted octanol–water partition coefficient (Wildman–Crippen LogP) is 3.19. The molecule has 0 bridgehead atoms. The van der Waals surface area contributed by atoms with E-state index in [4.69, 9.17) is 16.3 Å². The molecular formula is C25H26N2O5S. The minimum Gasteiger partial charge on any atom is -0.480 e. The summed E-state index contributed by atoms with van der Waals surface area (Å²) in [5.41, 5.74) is 4.41. The summed E-state index contributed by atoms with van der Waals surface area (Å²) in [5, 5.41) is 11.7. The standard InChI is InChI=1S/C25H26N2O5S/c1-3-13-27(15-23(28)29)24(30)22(12-14-33-2)26-25(31)32-16-21-19-10-6-4-8-17(19)18-9-5-7-11-20(18)21/h1,4-11,21-22H,12-16H2,2H3,(H,26,31)(H,28,29)/t22-/m1/s1. The number of nitrogens with one attached hydrogen (secondary N) is 1. The smallest absolute Gasteiger partial charge is 0.407 e. The average Bonchev–Trinajstić information content (AvgIpc) is 3.13. The van der Waals surface area contributed by atoms with Gasteiger partial charge < -0.3 is 20.1 Å². The Kier molecular flexibility index (Phi) is 8.39. The third kappa shape index (κ3) is 5.88. The first-order chi connectivity index (χ1) is 16.0. The van der Waals surface area contributed by atoms with E-state index < -0.39 is 30.6 Å². The first kappa shape index (κ1) is 24.2. The van der Waals surface area contributed by atoms with Gasteiger partial charge in [0.05, 0.1) is 6.54 Å². The van der Waals surface area contributed by atoms with Gasteiger partial charge in [0, 0.05) is 5.92 Å².